The van der Waals surface area contributed by atoms with E-state index in [1.165, 1.54) is 37.8 Å². The van der Waals surface area contributed by atoms with E-state index >= 15 is 0 Å². The first-order valence-corrected chi connectivity index (χ1v) is 6.53. The molecule has 1 saturated carbocycles. The van der Waals surface area contributed by atoms with Gasteiger partial charge < -0.3 is 0 Å². The van der Waals surface area contributed by atoms with Crippen LogP contribution in [0, 0.1) is 0 Å². The molecule has 1 aromatic heterocycles. The zero-order valence-corrected chi connectivity index (χ0v) is 9.92. The molecule has 0 atom stereocenters. The zero-order chi connectivity index (χ0) is 10.5. The van der Waals surface area contributed by atoms with Crippen LogP contribution in [0.15, 0.2) is 12.3 Å². The molecule has 0 aromatic carbocycles. The SMILES string of the molecule is ClCCCc1ccn(C2CCCCC2)n1. The Bertz CT molecular complexity index is 290. The van der Waals surface area contributed by atoms with E-state index in [9.17, 15) is 0 Å². The van der Waals surface area contributed by atoms with Crippen molar-refractivity contribution in [3.8, 4) is 0 Å². The number of aryl methyl sites for hydroxylation is 1. The Kier molecular flexibility index (Phi) is 4.07. The first-order valence-electron chi connectivity index (χ1n) is 6.00. The Balaban J connectivity index is 1.93. The lowest BCUT2D eigenvalue weighted by molar-refractivity contribution is 0.328. The molecule has 0 unspecified atom stereocenters. The zero-order valence-electron chi connectivity index (χ0n) is 9.16. The lowest BCUT2D eigenvalue weighted by Gasteiger charge is -2.21. The molecule has 0 spiro atoms. The summed E-state index contributed by atoms with van der Waals surface area (Å²) in [4.78, 5) is 0. The van der Waals surface area contributed by atoms with Crippen molar-refractivity contribution in [1.82, 2.24) is 9.78 Å². The van der Waals surface area contributed by atoms with E-state index in [2.05, 4.69) is 22.0 Å². The van der Waals surface area contributed by atoms with E-state index in [0.29, 0.717) is 6.04 Å². The lowest BCUT2D eigenvalue weighted by atomic mass is 9.96. The Labute approximate surface area is 96.6 Å². The third kappa shape index (κ3) is 2.97. The van der Waals surface area contributed by atoms with Crippen molar-refractivity contribution >= 4 is 11.6 Å². The highest BCUT2D eigenvalue weighted by Gasteiger charge is 2.15. The lowest BCUT2D eigenvalue weighted by Crippen LogP contribution is -2.13. The Morgan fingerprint density at radius 3 is 2.87 bits per heavy atom. The molecule has 0 amide bonds. The second kappa shape index (κ2) is 5.55. The molecule has 0 saturated heterocycles. The normalized spacial score (nSPS) is 18.2. The van der Waals surface area contributed by atoms with E-state index in [-0.39, 0.29) is 0 Å². The fourth-order valence-corrected chi connectivity index (χ4v) is 2.44. The van der Waals surface area contributed by atoms with Gasteiger partial charge in [0, 0.05) is 12.1 Å². The van der Waals surface area contributed by atoms with E-state index in [1.54, 1.807) is 0 Å². The first-order chi connectivity index (χ1) is 7.40. The van der Waals surface area contributed by atoms with Crippen LogP contribution in [-0.4, -0.2) is 15.7 Å². The molecule has 2 nitrogen and oxygen atoms in total. The maximum absolute atomic E-state index is 5.67. The van der Waals surface area contributed by atoms with Crippen molar-refractivity contribution < 1.29 is 0 Å². The molecule has 1 aliphatic carbocycles. The van der Waals surface area contributed by atoms with Crippen molar-refractivity contribution in [2.24, 2.45) is 0 Å². The monoisotopic (exact) mass is 226 g/mol. The molecule has 15 heavy (non-hydrogen) atoms. The molecule has 1 aromatic rings. The third-order valence-corrected chi connectivity index (χ3v) is 3.45. The third-order valence-electron chi connectivity index (χ3n) is 3.18. The summed E-state index contributed by atoms with van der Waals surface area (Å²) in [6.45, 7) is 0. The van der Waals surface area contributed by atoms with Gasteiger partial charge in [-0.05, 0) is 31.7 Å². The van der Waals surface area contributed by atoms with Gasteiger partial charge in [-0.2, -0.15) is 5.10 Å². The number of halogens is 1. The number of nitrogens with zero attached hydrogens (tertiary/aromatic N) is 2. The molecule has 0 radical (unpaired) electrons. The molecule has 84 valence electrons. The van der Waals surface area contributed by atoms with Gasteiger partial charge in [-0.1, -0.05) is 19.3 Å². The number of rotatable bonds is 4. The van der Waals surface area contributed by atoms with Gasteiger partial charge in [-0.25, -0.2) is 0 Å². The van der Waals surface area contributed by atoms with E-state index in [1.807, 2.05) is 0 Å². The van der Waals surface area contributed by atoms with Crippen LogP contribution in [-0.2, 0) is 6.42 Å². The molecule has 3 heteroatoms. The minimum Gasteiger partial charge on any atom is -0.269 e. The van der Waals surface area contributed by atoms with Gasteiger partial charge in [0.2, 0.25) is 0 Å². The van der Waals surface area contributed by atoms with Crippen molar-refractivity contribution in [2.45, 2.75) is 51.0 Å². The second-order valence-corrected chi connectivity index (χ2v) is 4.75. The van der Waals surface area contributed by atoms with Crippen LogP contribution in [0.25, 0.3) is 0 Å². The summed E-state index contributed by atoms with van der Waals surface area (Å²) >= 11 is 5.67. The summed E-state index contributed by atoms with van der Waals surface area (Å²) in [5.41, 5.74) is 1.20. The fraction of sp³-hybridized carbons (Fsp3) is 0.750. The minimum atomic E-state index is 0.656. The summed E-state index contributed by atoms with van der Waals surface area (Å²) in [5.74, 6) is 0.732. The second-order valence-electron chi connectivity index (χ2n) is 4.37. The topological polar surface area (TPSA) is 17.8 Å². The maximum atomic E-state index is 5.67. The van der Waals surface area contributed by atoms with E-state index in [0.717, 1.165) is 18.7 Å². The number of alkyl halides is 1. The maximum Gasteiger partial charge on any atom is 0.0625 e. The van der Waals surface area contributed by atoms with Crippen molar-refractivity contribution in [2.75, 3.05) is 5.88 Å². The fourth-order valence-electron chi connectivity index (χ4n) is 2.31. The average molecular weight is 227 g/mol. The molecule has 1 aliphatic rings. The molecule has 0 aliphatic heterocycles. The van der Waals surface area contributed by atoms with Crippen molar-refractivity contribution in [1.29, 1.82) is 0 Å². The van der Waals surface area contributed by atoms with Gasteiger partial charge in [-0.3, -0.25) is 4.68 Å². The van der Waals surface area contributed by atoms with Crippen LogP contribution >= 0.6 is 11.6 Å². The Hall–Kier alpha value is -0.500. The van der Waals surface area contributed by atoms with Crippen LogP contribution in [0.4, 0.5) is 0 Å². The smallest absolute Gasteiger partial charge is 0.0625 e. The summed E-state index contributed by atoms with van der Waals surface area (Å²) < 4.78 is 2.17. The predicted molar refractivity (Wildman–Crippen MR) is 63.4 cm³/mol. The van der Waals surface area contributed by atoms with Crippen molar-refractivity contribution in [3.63, 3.8) is 0 Å². The van der Waals surface area contributed by atoms with Gasteiger partial charge in [0.05, 0.1) is 11.7 Å². The molecule has 0 bridgehead atoms. The van der Waals surface area contributed by atoms with Crippen LogP contribution in [0.3, 0.4) is 0 Å². The number of hydrogen-bond donors (Lipinski definition) is 0. The highest BCUT2D eigenvalue weighted by molar-refractivity contribution is 6.17. The molecule has 0 N–H and O–H groups in total. The molecule has 1 fully saturated rings. The molecule has 1 heterocycles. The average Bonchev–Trinajstić information content (AvgIpc) is 2.76. The molecule has 2 rings (SSSR count). The minimum absolute atomic E-state index is 0.656. The Morgan fingerprint density at radius 2 is 2.13 bits per heavy atom. The largest absolute Gasteiger partial charge is 0.269 e. The summed E-state index contributed by atoms with van der Waals surface area (Å²) in [6.07, 6.45) is 10.9. The van der Waals surface area contributed by atoms with E-state index < -0.39 is 0 Å². The van der Waals surface area contributed by atoms with Crippen molar-refractivity contribution in [3.05, 3.63) is 18.0 Å². The highest BCUT2D eigenvalue weighted by atomic mass is 35.5. The van der Waals surface area contributed by atoms with Crippen LogP contribution < -0.4 is 0 Å². The van der Waals surface area contributed by atoms with E-state index in [4.69, 9.17) is 11.6 Å². The van der Waals surface area contributed by atoms with Crippen LogP contribution in [0.2, 0.25) is 0 Å². The van der Waals surface area contributed by atoms with Gasteiger partial charge >= 0.3 is 0 Å². The molecular formula is C12H19ClN2. The van der Waals surface area contributed by atoms with Gasteiger partial charge in [0.1, 0.15) is 0 Å². The van der Waals surface area contributed by atoms with Gasteiger partial charge in [-0.15, -0.1) is 11.6 Å². The summed E-state index contributed by atoms with van der Waals surface area (Å²) in [7, 11) is 0. The highest BCUT2D eigenvalue weighted by Crippen LogP contribution is 2.27. The van der Waals surface area contributed by atoms with Crippen LogP contribution in [0.5, 0.6) is 0 Å². The summed E-state index contributed by atoms with van der Waals surface area (Å²) in [5, 5.41) is 4.63. The van der Waals surface area contributed by atoms with Crippen LogP contribution in [0.1, 0.15) is 50.3 Å². The van der Waals surface area contributed by atoms with Gasteiger partial charge in [0.25, 0.3) is 0 Å². The Morgan fingerprint density at radius 1 is 1.33 bits per heavy atom. The first kappa shape index (κ1) is 11.0. The number of hydrogen-bond acceptors (Lipinski definition) is 1. The predicted octanol–water partition coefficient (Wildman–Crippen LogP) is 3.56. The quantitative estimate of drug-likeness (QED) is 0.718. The standard InChI is InChI=1S/C12H19ClN2/c13-9-4-5-11-8-10-15(14-11)12-6-2-1-3-7-12/h8,10,12H,1-7,9H2. The van der Waals surface area contributed by atoms with Gasteiger partial charge in [0.15, 0.2) is 0 Å². The molecular weight excluding hydrogens is 208 g/mol. The number of aromatic nitrogens is 2. The summed E-state index contributed by atoms with van der Waals surface area (Å²) in [6, 6.07) is 2.80.